The second kappa shape index (κ2) is 4.26. The lowest BCUT2D eigenvalue weighted by Crippen LogP contribution is -1.94. The summed E-state index contributed by atoms with van der Waals surface area (Å²) in [7, 11) is 0. The molecule has 0 spiro atoms. The predicted octanol–water partition coefficient (Wildman–Crippen LogP) is 4.48. The Labute approximate surface area is 101 Å². The number of aryl methyl sites for hydroxylation is 1. The fraction of sp³-hybridized carbons (Fsp3) is 0.214. The highest BCUT2D eigenvalue weighted by molar-refractivity contribution is 6.35. The summed E-state index contributed by atoms with van der Waals surface area (Å²) >= 11 is 6.23. The van der Waals surface area contributed by atoms with E-state index in [0.717, 1.165) is 28.5 Å². The molecule has 0 saturated carbocycles. The monoisotopic (exact) mass is 231 g/mol. The van der Waals surface area contributed by atoms with E-state index in [4.69, 9.17) is 11.6 Å². The smallest absolute Gasteiger partial charge is 0.0891 e. The van der Waals surface area contributed by atoms with Crippen LogP contribution in [0, 0.1) is 0 Å². The van der Waals surface area contributed by atoms with Crippen molar-refractivity contribution in [3.8, 4) is 0 Å². The molecular formula is C14H14ClN. The second-order valence-corrected chi connectivity index (χ2v) is 4.33. The summed E-state index contributed by atoms with van der Waals surface area (Å²) in [5.41, 5.74) is 4.35. The summed E-state index contributed by atoms with van der Waals surface area (Å²) < 4.78 is 0. The van der Waals surface area contributed by atoms with E-state index in [1.807, 2.05) is 19.1 Å². The molecule has 0 radical (unpaired) electrons. The van der Waals surface area contributed by atoms with Crippen molar-refractivity contribution in [2.75, 3.05) is 0 Å². The first-order chi connectivity index (χ1) is 7.65. The summed E-state index contributed by atoms with van der Waals surface area (Å²) in [5, 5.41) is 1.83. The molecule has 1 aromatic carbocycles. The molecule has 0 unspecified atom stereocenters. The number of hydrogen-bond donors (Lipinski definition) is 0. The van der Waals surface area contributed by atoms with Crippen LogP contribution in [0.1, 0.15) is 25.0 Å². The maximum absolute atomic E-state index is 6.23. The third-order valence-corrected chi connectivity index (χ3v) is 3.06. The molecule has 0 aliphatic rings. The minimum Gasteiger partial charge on any atom is -0.255 e. The molecule has 82 valence electrons. The van der Waals surface area contributed by atoms with Crippen LogP contribution in [-0.2, 0) is 6.42 Å². The molecule has 1 heterocycles. The fourth-order valence-electron chi connectivity index (χ4n) is 2.03. The summed E-state index contributed by atoms with van der Waals surface area (Å²) in [6.07, 6.45) is 2.73. The number of rotatable bonds is 2. The summed E-state index contributed by atoms with van der Waals surface area (Å²) in [5.74, 6) is 0. The predicted molar refractivity (Wildman–Crippen MR) is 70.8 cm³/mol. The van der Waals surface area contributed by atoms with Gasteiger partial charge in [0.05, 0.1) is 10.5 Å². The molecule has 1 aromatic heterocycles. The van der Waals surface area contributed by atoms with Gasteiger partial charge in [0.1, 0.15) is 0 Å². The summed E-state index contributed by atoms with van der Waals surface area (Å²) in [4.78, 5) is 4.33. The van der Waals surface area contributed by atoms with Crippen molar-refractivity contribution < 1.29 is 0 Å². The Morgan fingerprint density at radius 1 is 1.50 bits per heavy atom. The lowest BCUT2D eigenvalue weighted by atomic mass is 9.96. The van der Waals surface area contributed by atoms with Crippen LogP contribution >= 0.6 is 11.6 Å². The summed E-state index contributed by atoms with van der Waals surface area (Å²) in [6, 6.07) is 5.98. The highest BCUT2D eigenvalue weighted by Gasteiger charge is 2.10. The van der Waals surface area contributed by atoms with Gasteiger partial charge in [-0.15, -0.1) is 0 Å². The lowest BCUT2D eigenvalue weighted by molar-refractivity contribution is 1.14. The van der Waals surface area contributed by atoms with Crippen LogP contribution in [0.3, 0.4) is 0 Å². The van der Waals surface area contributed by atoms with Gasteiger partial charge in [0.2, 0.25) is 0 Å². The van der Waals surface area contributed by atoms with Crippen LogP contribution in [0.2, 0.25) is 5.02 Å². The highest BCUT2D eigenvalue weighted by atomic mass is 35.5. The van der Waals surface area contributed by atoms with Crippen molar-refractivity contribution in [2.45, 2.75) is 20.3 Å². The number of pyridine rings is 1. The average molecular weight is 232 g/mol. The van der Waals surface area contributed by atoms with E-state index in [1.165, 1.54) is 5.56 Å². The standard InChI is InChI=1S/C14H14ClN/c1-4-10-11-6-5-7-16-14(11)13(15)8-12(10)9(2)3/h5-8H,2,4H2,1,3H3. The molecular weight excluding hydrogens is 218 g/mol. The molecule has 0 N–H and O–H groups in total. The molecule has 2 rings (SSSR count). The first-order valence-corrected chi connectivity index (χ1v) is 5.75. The Bertz CT molecular complexity index is 558. The van der Waals surface area contributed by atoms with Crippen LogP contribution in [0.25, 0.3) is 16.5 Å². The SMILES string of the molecule is C=C(C)c1cc(Cl)c2ncccc2c1CC. The van der Waals surface area contributed by atoms with E-state index in [1.54, 1.807) is 6.20 Å². The number of nitrogens with zero attached hydrogens (tertiary/aromatic N) is 1. The van der Waals surface area contributed by atoms with Gasteiger partial charge in [0, 0.05) is 11.6 Å². The average Bonchev–Trinajstić information content (AvgIpc) is 2.29. The van der Waals surface area contributed by atoms with E-state index in [0.29, 0.717) is 5.02 Å². The molecule has 0 aliphatic heterocycles. The Morgan fingerprint density at radius 3 is 2.88 bits per heavy atom. The number of hydrogen-bond acceptors (Lipinski definition) is 1. The molecule has 0 amide bonds. The Kier molecular flexibility index (Phi) is 2.97. The topological polar surface area (TPSA) is 12.9 Å². The van der Waals surface area contributed by atoms with Gasteiger partial charge in [-0.05, 0) is 36.6 Å². The first-order valence-electron chi connectivity index (χ1n) is 5.37. The molecule has 0 fully saturated rings. The molecule has 0 bridgehead atoms. The van der Waals surface area contributed by atoms with Crippen LogP contribution < -0.4 is 0 Å². The largest absolute Gasteiger partial charge is 0.255 e. The zero-order chi connectivity index (χ0) is 11.7. The minimum absolute atomic E-state index is 0.700. The molecule has 16 heavy (non-hydrogen) atoms. The maximum Gasteiger partial charge on any atom is 0.0891 e. The lowest BCUT2D eigenvalue weighted by Gasteiger charge is -2.12. The zero-order valence-electron chi connectivity index (χ0n) is 9.55. The molecule has 1 nitrogen and oxygen atoms in total. The van der Waals surface area contributed by atoms with Gasteiger partial charge in [0.25, 0.3) is 0 Å². The zero-order valence-corrected chi connectivity index (χ0v) is 10.3. The van der Waals surface area contributed by atoms with Crippen molar-refractivity contribution in [2.24, 2.45) is 0 Å². The van der Waals surface area contributed by atoms with Crippen LogP contribution in [0.4, 0.5) is 0 Å². The van der Waals surface area contributed by atoms with Gasteiger partial charge < -0.3 is 0 Å². The molecule has 0 atom stereocenters. The van der Waals surface area contributed by atoms with Gasteiger partial charge in [-0.25, -0.2) is 0 Å². The van der Waals surface area contributed by atoms with E-state index < -0.39 is 0 Å². The third kappa shape index (κ3) is 1.72. The van der Waals surface area contributed by atoms with Gasteiger partial charge >= 0.3 is 0 Å². The molecule has 0 aliphatic carbocycles. The number of halogens is 1. The van der Waals surface area contributed by atoms with E-state index in [2.05, 4.69) is 24.6 Å². The minimum atomic E-state index is 0.700. The van der Waals surface area contributed by atoms with Gasteiger partial charge in [0.15, 0.2) is 0 Å². The number of aromatic nitrogens is 1. The van der Waals surface area contributed by atoms with Crippen LogP contribution in [0.5, 0.6) is 0 Å². The Morgan fingerprint density at radius 2 is 2.25 bits per heavy atom. The van der Waals surface area contributed by atoms with Gasteiger partial charge in [-0.2, -0.15) is 0 Å². The van der Waals surface area contributed by atoms with Crippen molar-refractivity contribution in [1.29, 1.82) is 0 Å². The van der Waals surface area contributed by atoms with Crippen molar-refractivity contribution >= 4 is 28.1 Å². The number of benzene rings is 1. The fourth-order valence-corrected chi connectivity index (χ4v) is 2.29. The maximum atomic E-state index is 6.23. The van der Waals surface area contributed by atoms with Crippen molar-refractivity contribution in [3.63, 3.8) is 0 Å². The molecule has 2 heteroatoms. The highest BCUT2D eigenvalue weighted by Crippen LogP contribution is 2.31. The van der Waals surface area contributed by atoms with Crippen LogP contribution in [-0.4, -0.2) is 4.98 Å². The van der Waals surface area contributed by atoms with Gasteiger partial charge in [-0.3, -0.25) is 4.98 Å². The molecule has 0 saturated heterocycles. The molecule has 2 aromatic rings. The van der Waals surface area contributed by atoms with Crippen molar-refractivity contribution in [1.82, 2.24) is 4.98 Å². The Balaban J connectivity index is 2.90. The number of fused-ring (bicyclic) bond motifs is 1. The second-order valence-electron chi connectivity index (χ2n) is 3.92. The van der Waals surface area contributed by atoms with Gasteiger partial charge in [-0.1, -0.05) is 36.7 Å². The normalized spacial score (nSPS) is 10.7. The van der Waals surface area contributed by atoms with Crippen molar-refractivity contribution in [3.05, 3.63) is 47.1 Å². The Hall–Kier alpha value is -1.34. The summed E-state index contributed by atoms with van der Waals surface area (Å²) in [6.45, 7) is 8.15. The van der Waals surface area contributed by atoms with E-state index >= 15 is 0 Å². The van der Waals surface area contributed by atoms with E-state index in [-0.39, 0.29) is 0 Å². The quantitative estimate of drug-likeness (QED) is 0.743. The van der Waals surface area contributed by atoms with Crippen LogP contribution in [0.15, 0.2) is 31.0 Å². The third-order valence-electron chi connectivity index (χ3n) is 2.77. The van der Waals surface area contributed by atoms with E-state index in [9.17, 15) is 0 Å². The first kappa shape index (κ1) is 11.2. The number of allylic oxidation sites excluding steroid dienone is 1.